The highest BCUT2D eigenvalue weighted by atomic mass is 79.9. The summed E-state index contributed by atoms with van der Waals surface area (Å²) in [5.41, 5.74) is 0.0626. The summed E-state index contributed by atoms with van der Waals surface area (Å²) in [5.74, 6) is 0.767. The highest BCUT2D eigenvalue weighted by molar-refractivity contribution is 9.10. The van der Waals surface area contributed by atoms with E-state index in [1.165, 1.54) is 6.33 Å². The van der Waals surface area contributed by atoms with E-state index in [0.29, 0.717) is 6.42 Å². The van der Waals surface area contributed by atoms with Crippen LogP contribution in [0.5, 0.6) is 0 Å². The Morgan fingerprint density at radius 2 is 2.19 bits per heavy atom. The lowest BCUT2D eigenvalue weighted by molar-refractivity contribution is 0.235. The monoisotopic (exact) mass is 287 g/mol. The number of aliphatic hydroxyl groups excluding tert-OH is 1. The molecule has 0 saturated carbocycles. The number of aliphatic hydroxyl groups is 1. The third kappa shape index (κ3) is 3.72. The van der Waals surface area contributed by atoms with Gasteiger partial charge in [0.2, 0.25) is 0 Å². The molecule has 0 aliphatic heterocycles. The molecular weight excluding hydrogens is 270 g/mol. The maximum atomic E-state index is 9.06. The zero-order chi connectivity index (χ0) is 12.2. The summed E-state index contributed by atoms with van der Waals surface area (Å²) < 4.78 is 0.835. The van der Waals surface area contributed by atoms with Crippen molar-refractivity contribution in [3.63, 3.8) is 0 Å². The molecule has 5 heteroatoms. The first kappa shape index (κ1) is 13.4. The van der Waals surface area contributed by atoms with Gasteiger partial charge in [0.25, 0.3) is 0 Å². The van der Waals surface area contributed by atoms with Crippen molar-refractivity contribution in [2.45, 2.75) is 33.2 Å². The molecular formula is C11H18BrN3O. The van der Waals surface area contributed by atoms with E-state index < -0.39 is 0 Å². The average Bonchev–Trinajstić information content (AvgIpc) is 2.19. The summed E-state index contributed by atoms with van der Waals surface area (Å²) in [6, 6.07) is 0.170. The molecule has 2 N–H and O–H groups in total. The van der Waals surface area contributed by atoms with Crippen LogP contribution in [0.3, 0.4) is 0 Å². The summed E-state index contributed by atoms with van der Waals surface area (Å²) in [4.78, 5) is 8.08. The van der Waals surface area contributed by atoms with Gasteiger partial charge < -0.3 is 10.4 Å². The maximum absolute atomic E-state index is 9.06. The molecule has 0 bridgehead atoms. The normalized spacial score (nSPS) is 13.6. The van der Waals surface area contributed by atoms with E-state index >= 15 is 0 Å². The molecule has 0 aliphatic carbocycles. The van der Waals surface area contributed by atoms with E-state index in [-0.39, 0.29) is 18.1 Å². The number of hydrogen-bond donors (Lipinski definition) is 2. The minimum absolute atomic E-state index is 0.0626. The smallest absolute Gasteiger partial charge is 0.143 e. The van der Waals surface area contributed by atoms with Gasteiger partial charge >= 0.3 is 0 Å². The average molecular weight is 288 g/mol. The quantitative estimate of drug-likeness (QED) is 0.893. The molecule has 0 aromatic carbocycles. The molecule has 0 radical (unpaired) electrons. The van der Waals surface area contributed by atoms with Gasteiger partial charge in [0.05, 0.1) is 4.47 Å². The summed E-state index contributed by atoms with van der Waals surface area (Å²) >= 11 is 3.39. The van der Waals surface area contributed by atoms with Gasteiger partial charge in [-0.2, -0.15) is 0 Å². The van der Waals surface area contributed by atoms with Crippen LogP contribution >= 0.6 is 15.9 Å². The van der Waals surface area contributed by atoms with Crippen molar-refractivity contribution in [3.8, 4) is 0 Å². The molecule has 1 atom stereocenters. The van der Waals surface area contributed by atoms with Gasteiger partial charge in [-0.1, -0.05) is 20.8 Å². The molecule has 0 aliphatic rings. The first-order valence-electron chi connectivity index (χ1n) is 5.28. The third-order valence-corrected chi connectivity index (χ3v) is 3.02. The van der Waals surface area contributed by atoms with Gasteiger partial charge in [0, 0.05) is 18.8 Å². The summed E-state index contributed by atoms with van der Waals surface area (Å²) in [6.07, 6.45) is 3.90. The van der Waals surface area contributed by atoms with Crippen LogP contribution in [-0.2, 0) is 0 Å². The maximum Gasteiger partial charge on any atom is 0.143 e. The third-order valence-electron chi connectivity index (χ3n) is 2.44. The first-order valence-corrected chi connectivity index (χ1v) is 6.07. The Morgan fingerprint density at radius 1 is 1.50 bits per heavy atom. The minimum atomic E-state index is 0.0626. The number of halogens is 1. The number of hydrogen-bond acceptors (Lipinski definition) is 4. The highest BCUT2D eigenvalue weighted by Crippen LogP contribution is 2.27. The van der Waals surface area contributed by atoms with Crippen LogP contribution in [0.4, 0.5) is 5.82 Å². The Morgan fingerprint density at radius 3 is 2.69 bits per heavy atom. The second kappa shape index (κ2) is 5.59. The van der Waals surface area contributed by atoms with Gasteiger partial charge in [-0.3, -0.25) is 0 Å². The fourth-order valence-corrected chi connectivity index (χ4v) is 1.77. The summed E-state index contributed by atoms with van der Waals surface area (Å²) in [7, 11) is 0. The van der Waals surface area contributed by atoms with Gasteiger partial charge in [-0.05, 0) is 27.8 Å². The second-order valence-electron chi connectivity index (χ2n) is 4.79. The largest absolute Gasteiger partial charge is 0.396 e. The molecule has 1 unspecified atom stereocenters. The first-order chi connectivity index (χ1) is 7.45. The molecule has 16 heavy (non-hydrogen) atoms. The van der Waals surface area contributed by atoms with Crippen molar-refractivity contribution in [2.24, 2.45) is 5.41 Å². The van der Waals surface area contributed by atoms with Crippen molar-refractivity contribution >= 4 is 21.7 Å². The lowest BCUT2D eigenvalue weighted by Crippen LogP contribution is -2.35. The lowest BCUT2D eigenvalue weighted by Gasteiger charge is -2.31. The molecule has 0 saturated heterocycles. The van der Waals surface area contributed by atoms with Gasteiger partial charge in [-0.25, -0.2) is 9.97 Å². The second-order valence-corrected chi connectivity index (χ2v) is 5.65. The Labute approximate surface area is 105 Å². The van der Waals surface area contributed by atoms with Crippen molar-refractivity contribution in [3.05, 3.63) is 17.0 Å². The van der Waals surface area contributed by atoms with E-state index in [1.807, 2.05) is 0 Å². The van der Waals surface area contributed by atoms with Crippen molar-refractivity contribution in [1.82, 2.24) is 9.97 Å². The lowest BCUT2D eigenvalue weighted by atomic mass is 9.85. The molecule has 0 spiro atoms. The number of nitrogens with zero attached hydrogens (tertiary/aromatic N) is 2. The number of aromatic nitrogens is 2. The Hall–Kier alpha value is -0.680. The summed E-state index contributed by atoms with van der Waals surface area (Å²) in [6.45, 7) is 6.57. The topological polar surface area (TPSA) is 58.0 Å². The zero-order valence-electron chi connectivity index (χ0n) is 9.87. The van der Waals surface area contributed by atoms with Crippen LogP contribution in [0.15, 0.2) is 17.0 Å². The van der Waals surface area contributed by atoms with Gasteiger partial charge in [0.1, 0.15) is 12.1 Å². The van der Waals surface area contributed by atoms with Crippen LogP contribution in [0.1, 0.15) is 27.2 Å². The fraction of sp³-hybridized carbons (Fsp3) is 0.636. The van der Waals surface area contributed by atoms with E-state index in [1.54, 1.807) is 6.20 Å². The predicted molar refractivity (Wildman–Crippen MR) is 68.3 cm³/mol. The minimum Gasteiger partial charge on any atom is -0.396 e. The van der Waals surface area contributed by atoms with Crippen molar-refractivity contribution in [1.29, 1.82) is 0 Å². The van der Waals surface area contributed by atoms with Crippen LogP contribution < -0.4 is 5.32 Å². The highest BCUT2D eigenvalue weighted by Gasteiger charge is 2.24. The van der Waals surface area contributed by atoms with Crippen LogP contribution in [-0.4, -0.2) is 27.7 Å². The van der Waals surface area contributed by atoms with Crippen molar-refractivity contribution < 1.29 is 5.11 Å². The number of nitrogens with one attached hydrogen (secondary N) is 1. The molecule has 1 rings (SSSR count). The van der Waals surface area contributed by atoms with E-state index in [9.17, 15) is 0 Å². The van der Waals surface area contributed by atoms with Crippen molar-refractivity contribution in [2.75, 3.05) is 11.9 Å². The molecule has 1 aromatic rings. The predicted octanol–water partition coefficient (Wildman–Crippen LogP) is 2.45. The summed E-state index contributed by atoms with van der Waals surface area (Å²) in [5, 5.41) is 12.4. The standard InChI is InChI=1S/C11H18BrN3O/c1-11(2,3)9(4-5-16)15-10-8(12)6-13-7-14-10/h6-7,9,16H,4-5H2,1-3H3,(H,13,14,15). The molecule has 1 aromatic heterocycles. The number of rotatable bonds is 4. The van der Waals surface area contributed by atoms with E-state index in [2.05, 4.69) is 52.0 Å². The Kier molecular flexibility index (Phi) is 4.68. The number of anilines is 1. The van der Waals surface area contributed by atoms with Gasteiger partial charge in [-0.15, -0.1) is 0 Å². The molecule has 0 amide bonds. The molecule has 0 fully saturated rings. The van der Waals surface area contributed by atoms with E-state index in [4.69, 9.17) is 5.11 Å². The Balaban J connectivity index is 2.80. The molecule has 1 heterocycles. The van der Waals surface area contributed by atoms with Crippen LogP contribution in [0.25, 0.3) is 0 Å². The Bertz CT molecular complexity index is 338. The fourth-order valence-electron chi connectivity index (χ4n) is 1.43. The van der Waals surface area contributed by atoms with E-state index in [0.717, 1.165) is 10.3 Å². The molecule has 4 nitrogen and oxygen atoms in total. The SMILES string of the molecule is CC(C)(C)C(CCO)Nc1ncncc1Br. The molecule has 90 valence electrons. The van der Waals surface area contributed by atoms with Crippen LogP contribution in [0, 0.1) is 5.41 Å². The van der Waals surface area contributed by atoms with Gasteiger partial charge in [0.15, 0.2) is 0 Å². The van der Waals surface area contributed by atoms with Crippen LogP contribution in [0.2, 0.25) is 0 Å². The zero-order valence-corrected chi connectivity index (χ0v) is 11.5.